The number of pyridine rings is 1. The van der Waals surface area contributed by atoms with Crippen LogP contribution in [0.5, 0.6) is 0 Å². The zero-order valence-electron chi connectivity index (χ0n) is 17.0. The third-order valence-electron chi connectivity index (χ3n) is 5.08. The highest BCUT2D eigenvalue weighted by Gasteiger charge is 2.29. The molecule has 1 saturated heterocycles. The van der Waals surface area contributed by atoms with E-state index in [1.54, 1.807) is 11.1 Å². The Kier molecular flexibility index (Phi) is 6.08. The zero-order valence-corrected chi connectivity index (χ0v) is 17.0. The lowest BCUT2D eigenvalue weighted by Gasteiger charge is -2.24. The summed E-state index contributed by atoms with van der Waals surface area (Å²) < 4.78 is 0. The van der Waals surface area contributed by atoms with Gasteiger partial charge in [-0.15, -0.1) is 0 Å². The summed E-state index contributed by atoms with van der Waals surface area (Å²) in [7, 11) is 5.70. The zero-order chi connectivity index (χ0) is 20.3. The molecule has 0 saturated carbocycles. The first-order chi connectivity index (χ1) is 13.3. The Hall–Kier alpha value is -2.74. The minimum atomic E-state index is -0.156. The summed E-state index contributed by atoms with van der Waals surface area (Å²) in [6, 6.07) is 5.68. The maximum Gasteiger partial charge on any atom is 0.252 e. The number of carbonyl (C=O) groups is 1. The van der Waals surface area contributed by atoms with Gasteiger partial charge < -0.3 is 9.80 Å². The van der Waals surface area contributed by atoms with Crippen molar-refractivity contribution < 1.29 is 4.79 Å². The molecule has 28 heavy (non-hydrogen) atoms. The lowest BCUT2D eigenvalue weighted by Crippen LogP contribution is -2.37. The van der Waals surface area contributed by atoms with E-state index in [0.717, 1.165) is 29.9 Å². The lowest BCUT2D eigenvalue weighted by atomic mass is 10.2. The Balaban J connectivity index is 1.58. The standard InChI is InChI=1S/C20H28N6O2/c1-14-5-6-15(11-21-14)9-19(28)26-8-7-17(13-26)25(4)12-16-10-18(27)23-20(22-16)24(2)3/h5-6,10-11,17H,7-9,12-13H2,1-4H3,(H,22,23,27)/t17-/m0/s1. The number of hydrogen-bond donors (Lipinski definition) is 1. The first-order valence-corrected chi connectivity index (χ1v) is 9.49. The number of carbonyl (C=O) groups excluding carboxylic acids is 1. The molecular formula is C20H28N6O2. The number of aryl methyl sites for hydroxylation is 1. The second-order valence-electron chi connectivity index (χ2n) is 7.64. The van der Waals surface area contributed by atoms with Crippen molar-refractivity contribution in [2.24, 2.45) is 0 Å². The lowest BCUT2D eigenvalue weighted by molar-refractivity contribution is -0.129. The Bertz CT molecular complexity index is 877. The predicted molar refractivity (Wildman–Crippen MR) is 108 cm³/mol. The monoisotopic (exact) mass is 384 g/mol. The fourth-order valence-electron chi connectivity index (χ4n) is 3.39. The number of nitrogens with one attached hydrogen (secondary N) is 1. The average molecular weight is 384 g/mol. The van der Waals surface area contributed by atoms with Crippen molar-refractivity contribution in [3.63, 3.8) is 0 Å². The normalized spacial score (nSPS) is 16.6. The van der Waals surface area contributed by atoms with E-state index in [-0.39, 0.29) is 17.5 Å². The van der Waals surface area contributed by atoms with Crippen LogP contribution in [0.15, 0.2) is 29.2 Å². The summed E-state index contributed by atoms with van der Waals surface area (Å²) in [5.74, 6) is 0.677. The third kappa shape index (κ3) is 4.95. The Morgan fingerprint density at radius 3 is 2.79 bits per heavy atom. The summed E-state index contributed by atoms with van der Waals surface area (Å²) in [5, 5.41) is 0. The van der Waals surface area contributed by atoms with E-state index in [9.17, 15) is 9.59 Å². The number of likely N-dealkylation sites (tertiary alicyclic amines) is 1. The molecular weight excluding hydrogens is 356 g/mol. The molecule has 1 aliphatic rings. The second kappa shape index (κ2) is 8.52. The number of aromatic amines is 1. The number of anilines is 1. The topological polar surface area (TPSA) is 85.4 Å². The van der Waals surface area contributed by atoms with Gasteiger partial charge in [0, 0.05) is 57.7 Å². The molecule has 1 fully saturated rings. The maximum absolute atomic E-state index is 12.6. The van der Waals surface area contributed by atoms with E-state index in [2.05, 4.69) is 19.9 Å². The molecule has 1 aliphatic heterocycles. The SMILES string of the molecule is Cc1ccc(CC(=O)N2CC[C@H](N(C)Cc3cc(=O)[nH]c(N(C)C)n3)C2)cn1. The van der Waals surface area contributed by atoms with E-state index < -0.39 is 0 Å². The minimum absolute atomic E-state index is 0.130. The van der Waals surface area contributed by atoms with Gasteiger partial charge in [-0.05, 0) is 32.0 Å². The van der Waals surface area contributed by atoms with Crippen LogP contribution in [0.1, 0.15) is 23.4 Å². The largest absolute Gasteiger partial charge is 0.348 e. The van der Waals surface area contributed by atoms with E-state index in [0.29, 0.717) is 25.5 Å². The van der Waals surface area contributed by atoms with Gasteiger partial charge in [-0.2, -0.15) is 0 Å². The molecule has 1 amide bonds. The van der Waals surface area contributed by atoms with E-state index in [1.165, 1.54) is 6.07 Å². The van der Waals surface area contributed by atoms with Crippen molar-refractivity contribution >= 4 is 11.9 Å². The number of nitrogens with zero attached hydrogens (tertiary/aromatic N) is 5. The van der Waals surface area contributed by atoms with Gasteiger partial charge in [-0.25, -0.2) is 4.98 Å². The Labute approximate surface area is 165 Å². The molecule has 0 radical (unpaired) electrons. The average Bonchev–Trinajstić information content (AvgIpc) is 3.13. The minimum Gasteiger partial charge on any atom is -0.348 e. The summed E-state index contributed by atoms with van der Waals surface area (Å²) in [6.07, 6.45) is 3.07. The number of likely N-dealkylation sites (N-methyl/N-ethyl adjacent to an activating group) is 1. The number of H-pyrrole nitrogens is 1. The van der Waals surface area contributed by atoms with Crippen LogP contribution in [0.4, 0.5) is 5.95 Å². The van der Waals surface area contributed by atoms with Gasteiger partial charge in [-0.1, -0.05) is 6.07 Å². The molecule has 2 aromatic heterocycles. The highest BCUT2D eigenvalue weighted by atomic mass is 16.2. The van der Waals surface area contributed by atoms with Crippen molar-refractivity contribution in [2.45, 2.75) is 32.4 Å². The van der Waals surface area contributed by atoms with Gasteiger partial charge in [0.25, 0.3) is 5.56 Å². The van der Waals surface area contributed by atoms with Crippen LogP contribution in [0.3, 0.4) is 0 Å². The van der Waals surface area contributed by atoms with E-state index in [1.807, 2.05) is 45.1 Å². The Morgan fingerprint density at radius 2 is 2.11 bits per heavy atom. The van der Waals surface area contributed by atoms with Gasteiger partial charge in [0.2, 0.25) is 11.9 Å². The summed E-state index contributed by atoms with van der Waals surface area (Å²) in [4.78, 5) is 41.8. The summed E-state index contributed by atoms with van der Waals surface area (Å²) >= 11 is 0. The second-order valence-corrected chi connectivity index (χ2v) is 7.64. The first kappa shape index (κ1) is 20.0. The van der Waals surface area contributed by atoms with E-state index >= 15 is 0 Å². The molecule has 0 aliphatic carbocycles. The van der Waals surface area contributed by atoms with Crippen LogP contribution >= 0.6 is 0 Å². The van der Waals surface area contributed by atoms with Crippen LogP contribution in [0.2, 0.25) is 0 Å². The number of hydrogen-bond acceptors (Lipinski definition) is 6. The van der Waals surface area contributed by atoms with Crippen molar-refractivity contribution in [1.29, 1.82) is 0 Å². The van der Waals surface area contributed by atoms with Gasteiger partial charge >= 0.3 is 0 Å². The molecule has 0 bridgehead atoms. The fourth-order valence-corrected chi connectivity index (χ4v) is 3.39. The predicted octanol–water partition coefficient (Wildman–Crippen LogP) is 0.815. The van der Waals surface area contributed by atoms with Gasteiger partial charge in [0.15, 0.2) is 0 Å². The number of rotatable bonds is 6. The van der Waals surface area contributed by atoms with Crippen LogP contribution in [0, 0.1) is 6.92 Å². The smallest absolute Gasteiger partial charge is 0.252 e. The highest BCUT2D eigenvalue weighted by molar-refractivity contribution is 5.79. The van der Waals surface area contributed by atoms with Crippen molar-refractivity contribution in [1.82, 2.24) is 24.8 Å². The molecule has 0 spiro atoms. The summed E-state index contributed by atoms with van der Waals surface area (Å²) in [6.45, 7) is 3.94. The van der Waals surface area contributed by atoms with Crippen molar-refractivity contribution in [3.8, 4) is 0 Å². The Morgan fingerprint density at radius 1 is 1.32 bits per heavy atom. The van der Waals surface area contributed by atoms with Crippen LogP contribution in [-0.4, -0.2) is 70.9 Å². The summed E-state index contributed by atoms with van der Waals surface area (Å²) in [5.41, 5.74) is 2.46. The fraction of sp³-hybridized carbons (Fsp3) is 0.500. The quantitative estimate of drug-likeness (QED) is 0.794. The van der Waals surface area contributed by atoms with Crippen molar-refractivity contribution in [3.05, 3.63) is 51.7 Å². The van der Waals surface area contributed by atoms with Gasteiger partial charge in [0.1, 0.15) is 0 Å². The van der Waals surface area contributed by atoms with Gasteiger partial charge in [0.05, 0.1) is 12.1 Å². The van der Waals surface area contributed by atoms with Crippen LogP contribution in [0.25, 0.3) is 0 Å². The molecule has 3 rings (SSSR count). The maximum atomic E-state index is 12.6. The molecule has 150 valence electrons. The third-order valence-corrected chi connectivity index (χ3v) is 5.08. The first-order valence-electron chi connectivity index (χ1n) is 9.49. The molecule has 1 atom stereocenters. The molecule has 3 heterocycles. The molecule has 1 N–H and O–H groups in total. The number of amides is 1. The molecule has 0 unspecified atom stereocenters. The molecule has 0 aromatic carbocycles. The van der Waals surface area contributed by atoms with Crippen LogP contribution in [-0.2, 0) is 17.8 Å². The molecule has 8 nitrogen and oxygen atoms in total. The molecule has 8 heteroatoms. The molecule has 2 aromatic rings. The van der Waals surface area contributed by atoms with Crippen molar-refractivity contribution in [2.75, 3.05) is 39.1 Å². The number of aromatic nitrogens is 3. The van der Waals surface area contributed by atoms with Gasteiger partial charge in [-0.3, -0.25) is 24.5 Å². The van der Waals surface area contributed by atoms with Crippen LogP contribution < -0.4 is 10.5 Å². The van der Waals surface area contributed by atoms with E-state index in [4.69, 9.17) is 0 Å². The highest BCUT2D eigenvalue weighted by Crippen LogP contribution is 2.17.